The number of hydrogen-bond donors (Lipinski definition) is 0. The molecule has 1 aromatic rings. The summed E-state index contributed by atoms with van der Waals surface area (Å²) in [5.41, 5.74) is 0.712. The predicted octanol–water partition coefficient (Wildman–Crippen LogP) is 4.25. The number of hydrogen-bond acceptors (Lipinski definition) is 3. The van der Waals surface area contributed by atoms with Gasteiger partial charge in [-0.25, -0.2) is 0 Å². The fourth-order valence-electron chi connectivity index (χ4n) is 2.92. The van der Waals surface area contributed by atoms with Crippen molar-refractivity contribution in [1.82, 2.24) is 0 Å². The third-order valence-electron chi connectivity index (χ3n) is 4.44. The van der Waals surface area contributed by atoms with Gasteiger partial charge in [0.25, 0.3) is 0 Å². The average molecular weight is 338 g/mol. The van der Waals surface area contributed by atoms with Gasteiger partial charge in [-0.05, 0) is 35.9 Å². The Morgan fingerprint density at radius 3 is 2.70 bits per heavy atom. The molecule has 3 nitrogen and oxygen atoms in total. The van der Waals surface area contributed by atoms with Crippen LogP contribution in [0.1, 0.15) is 55.8 Å². The largest absolute Gasteiger partial charge is 0.497 e. The van der Waals surface area contributed by atoms with E-state index in [1.165, 1.54) is 38.5 Å². The molecule has 0 bridgehead atoms. The highest BCUT2D eigenvalue weighted by molar-refractivity contribution is 7.97. The van der Waals surface area contributed by atoms with E-state index in [1.54, 1.807) is 7.11 Å². The third-order valence-corrected chi connectivity index (χ3v) is 6.70. The standard InChI is InChI=1S/C19H29O3S/c1-4-5-6-7-8-9-12-23(3)18-14-22-17-13-15(21-2)10-11-16(17)19(18)20/h10-11,13,18H,4-9,12,14H2,1-3H3/q+1. The molecule has 2 atom stereocenters. The molecule has 0 radical (unpaired) electrons. The Balaban J connectivity index is 1.85. The van der Waals surface area contributed by atoms with Gasteiger partial charge in [0.2, 0.25) is 11.0 Å². The molecule has 1 heterocycles. The normalized spacial score (nSPS) is 18.2. The lowest BCUT2D eigenvalue weighted by atomic mass is 10.0. The van der Waals surface area contributed by atoms with Crippen molar-refractivity contribution in [2.75, 3.05) is 25.7 Å². The topological polar surface area (TPSA) is 35.5 Å². The lowest BCUT2D eigenvalue weighted by molar-refractivity contribution is 0.0941. The number of carbonyl (C=O) groups is 1. The minimum absolute atomic E-state index is 0.0199. The quantitative estimate of drug-likeness (QED) is 0.499. The van der Waals surface area contributed by atoms with Crippen molar-refractivity contribution >= 4 is 16.7 Å². The lowest BCUT2D eigenvalue weighted by Crippen LogP contribution is -2.40. The van der Waals surface area contributed by atoms with Crippen molar-refractivity contribution in [3.63, 3.8) is 0 Å². The Hall–Kier alpha value is -1.16. The molecule has 0 spiro atoms. The van der Waals surface area contributed by atoms with Crippen molar-refractivity contribution in [1.29, 1.82) is 0 Å². The third kappa shape index (κ3) is 4.90. The maximum Gasteiger partial charge on any atom is 0.222 e. The number of ether oxygens (including phenoxy) is 2. The van der Waals surface area contributed by atoms with Gasteiger partial charge in [0.05, 0.1) is 18.9 Å². The van der Waals surface area contributed by atoms with Gasteiger partial charge in [0, 0.05) is 6.07 Å². The number of rotatable bonds is 9. The molecule has 2 unspecified atom stereocenters. The van der Waals surface area contributed by atoms with E-state index in [2.05, 4.69) is 13.2 Å². The van der Waals surface area contributed by atoms with Crippen LogP contribution in [-0.4, -0.2) is 36.8 Å². The van der Waals surface area contributed by atoms with Crippen molar-refractivity contribution in [3.05, 3.63) is 23.8 Å². The lowest BCUT2D eigenvalue weighted by Gasteiger charge is -2.23. The summed E-state index contributed by atoms with van der Waals surface area (Å²) in [6.45, 7) is 2.75. The Bertz CT molecular complexity index is 515. The second-order valence-corrected chi connectivity index (χ2v) is 8.55. The van der Waals surface area contributed by atoms with Crippen molar-refractivity contribution in [2.24, 2.45) is 0 Å². The van der Waals surface area contributed by atoms with Crippen LogP contribution in [0, 0.1) is 0 Å². The number of methoxy groups -OCH3 is 1. The second-order valence-electron chi connectivity index (χ2n) is 6.19. The maximum absolute atomic E-state index is 12.7. The number of benzene rings is 1. The Morgan fingerprint density at radius 1 is 1.22 bits per heavy atom. The molecule has 0 saturated carbocycles. The highest BCUT2D eigenvalue weighted by Gasteiger charge is 2.39. The number of fused-ring (bicyclic) bond motifs is 1. The molecule has 4 heteroatoms. The molecule has 1 aromatic carbocycles. The van der Waals surface area contributed by atoms with Crippen LogP contribution in [0.2, 0.25) is 0 Å². The molecule has 1 aliphatic heterocycles. The molecule has 128 valence electrons. The SMILES string of the molecule is CCCCCCCC[S+](C)C1COc2cc(OC)ccc2C1=O. The average Bonchev–Trinajstić information content (AvgIpc) is 2.57. The first-order chi connectivity index (χ1) is 11.2. The molecule has 0 N–H and O–H groups in total. The summed E-state index contributed by atoms with van der Waals surface area (Å²) < 4.78 is 11.0. The van der Waals surface area contributed by atoms with Gasteiger partial charge in [-0.2, -0.15) is 0 Å². The van der Waals surface area contributed by atoms with E-state index in [9.17, 15) is 4.79 Å². The Kier molecular flexibility index (Phi) is 7.28. The van der Waals surface area contributed by atoms with Crippen molar-refractivity contribution in [3.8, 4) is 11.5 Å². The summed E-state index contributed by atoms with van der Waals surface area (Å²) >= 11 is 0. The van der Waals surface area contributed by atoms with Crippen LogP contribution in [0.4, 0.5) is 0 Å². The fraction of sp³-hybridized carbons (Fsp3) is 0.632. The van der Waals surface area contributed by atoms with E-state index in [0.717, 1.165) is 11.5 Å². The Labute approximate surface area is 143 Å². The zero-order valence-electron chi connectivity index (χ0n) is 14.6. The first kappa shape index (κ1) is 18.2. The first-order valence-electron chi connectivity index (χ1n) is 8.63. The molecular formula is C19H29O3S+. The molecule has 0 aromatic heterocycles. The van der Waals surface area contributed by atoms with Gasteiger partial charge >= 0.3 is 0 Å². The minimum atomic E-state index is 0.0199. The molecule has 0 aliphatic carbocycles. The van der Waals surface area contributed by atoms with Crippen LogP contribution in [0.25, 0.3) is 0 Å². The van der Waals surface area contributed by atoms with Crippen molar-refractivity contribution < 1.29 is 14.3 Å². The van der Waals surface area contributed by atoms with Crippen molar-refractivity contribution in [2.45, 2.75) is 50.7 Å². The molecular weight excluding hydrogens is 308 g/mol. The van der Waals surface area contributed by atoms with Crippen LogP contribution in [0.3, 0.4) is 0 Å². The van der Waals surface area contributed by atoms with Gasteiger partial charge in [-0.1, -0.05) is 32.6 Å². The summed E-state index contributed by atoms with van der Waals surface area (Å²) in [6.07, 6.45) is 10.0. The Morgan fingerprint density at radius 2 is 1.96 bits per heavy atom. The summed E-state index contributed by atoms with van der Waals surface area (Å²) in [7, 11) is 1.71. The fourth-order valence-corrected chi connectivity index (χ4v) is 4.66. The summed E-state index contributed by atoms with van der Waals surface area (Å²) in [5.74, 6) is 2.78. The second kappa shape index (κ2) is 9.21. The zero-order chi connectivity index (χ0) is 16.7. The summed E-state index contributed by atoms with van der Waals surface area (Å²) in [5, 5.41) is 0.0199. The van der Waals surface area contributed by atoms with E-state index in [-0.39, 0.29) is 21.9 Å². The van der Waals surface area contributed by atoms with Gasteiger partial charge in [-0.15, -0.1) is 0 Å². The molecule has 0 saturated heterocycles. The molecule has 2 rings (SSSR count). The van der Waals surface area contributed by atoms with Crippen LogP contribution in [-0.2, 0) is 10.9 Å². The van der Waals surface area contributed by atoms with E-state index in [0.29, 0.717) is 17.9 Å². The number of carbonyl (C=O) groups excluding carboxylic acids is 1. The molecule has 0 amide bonds. The van der Waals surface area contributed by atoms with E-state index >= 15 is 0 Å². The van der Waals surface area contributed by atoms with E-state index in [4.69, 9.17) is 9.47 Å². The number of Topliss-reactive ketones (excluding diaryl/α,β-unsaturated/α-hetero) is 1. The van der Waals surface area contributed by atoms with Crippen LogP contribution in [0.5, 0.6) is 11.5 Å². The van der Waals surface area contributed by atoms with Crippen LogP contribution >= 0.6 is 0 Å². The highest BCUT2D eigenvalue weighted by atomic mass is 32.2. The number of ketones is 1. The van der Waals surface area contributed by atoms with Gasteiger partial charge < -0.3 is 9.47 Å². The number of unbranched alkanes of at least 4 members (excludes halogenated alkanes) is 5. The van der Waals surface area contributed by atoms with Gasteiger partial charge in [0.1, 0.15) is 23.9 Å². The smallest absolute Gasteiger partial charge is 0.222 e. The predicted molar refractivity (Wildman–Crippen MR) is 98.1 cm³/mol. The monoisotopic (exact) mass is 337 g/mol. The molecule has 23 heavy (non-hydrogen) atoms. The zero-order valence-corrected chi connectivity index (χ0v) is 15.4. The van der Waals surface area contributed by atoms with Gasteiger partial charge in [0.15, 0.2) is 0 Å². The molecule has 0 fully saturated rings. The summed E-state index contributed by atoms with van der Waals surface area (Å²) in [6, 6.07) is 5.49. The molecule has 1 aliphatic rings. The summed E-state index contributed by atoms with van der Waals surface area (Å²) in [4.78, 5) is 12.7. The van der Waals surface area contributed by atoms with Gasteiger partial charge in [-0.3, -0.25) is 4.79 Å². The first-order valence-corrected chi connectivity index (χ1v) is 10.5. The minimum Gasteiger partial charge on any atom is -0.497 e. The van der Waals surface area contributed by atoms with E-state index < -0.39 is 0 Å². The van der Waals surface area contributed by atoms with E-state index in [1.807, 2.05) is 18.2 Å². The van der Waals surface area contributed by atoms with Crippen LogP contribution in [0.15, 0.2) is 18.2 Å². The maximum atomic E-state index is 12.7. The highest BCUT2D eigenvalue weighted by Crippen LogP contribution is 2.31. The van der Waals surface area contributed by atoms with Crippen LogP contribution < -0.4 is 9.47 Å².